The molecule has 4 nitrogen and oxygen atoms in total. The Morgan fingerprint density at radius 3 is 3.00 bits per heavy atom. The molecule has 1 N–H and O–H groups in total. The van der Waals surface area contributed by atoms with Gasteiger partial charge in [-0.15, -0.1) is 0 Å². The summed E-state index contributed by atoms with van der Waals surface area (Å²) in [5.74, 6) is -0.794. The van der Waals surface area contributed by atoms with Gasteiger partial charge in [0.2, 0.25) is 0 Å². The highest BCUT2D eigenvalue weighted by Gasteiger charge is 2.28. The Hall–Kier alpha value is -2.23. The Kier molecular flexibility index (Phi) is 2.55. The fraction of sp³-hybridized carbons (Fsp3) is 0.214. The average molecular weight is 240 g/mol. The van der Waals surface area contributed by atoms with E-state index in [-0.39, 0.29) is 12.5 Å². The summed E-state index contributed by atoms with van der Waals surface area (Å²) < 4.78 is 0. The van der Waals surface area contributed by atoms with Gasteiger partial charge >= 0.3 is 5.97 Å². The molecule has 0 saturated heterocycles. The smallest absolute Gasteiger partial charge is 0.303 e. The van der Waals surface area contributed by atoms with Crippen LogP contribution in [-0.4, -0.2) is 29.0 Å². The van der Waals surface area contributed by atoms with Crippen LogP contribution < -0.4 is 0 Å². The Morgan fingerprint density at radius 1 is 1.33 bits per heavy atom. The Labute approximate surface area is 104 Å². The van der Waals surface area contributed by atoms with Gasteiger partial charge in [-0.3, -0.25) is 9.79 Å². The summed E-state index contributed by atoms with van der Waals surface area (Å²) in [7, 11) is 0. The van der Waals surface area contributed by atoms with Crippen molar-refractivity contribution in [2.75, 3.05) is 0 Å². The van der Waals surface area contributed by atoms with Crippen LogP contribution in [0.2, 0.25) is 0 Å². The SMILES string of the molecule is O=C(O)CCC1N=CC=C2C1=Nc1ccccc12. The highest BCUT2D eigenvalue weighted by atomic mass is 16.4. The third-order valence-electron chi connectivity index (χ3n) is 3.17. The van der Waals surface area contributed by atoms with Gasteiger partial charge in [0.1, 0.15) is 0 Å². The van der Waals surface area contributed by atoms with Crippen molar-refractivity contribution in [3.8, 4) is 0 Å². The van der Waals surface area contributed by atoms with E-state index in [2.05, 4.69) is 9.98 Å². The normalized spacial score (nSPS) is 19.9. The van der Waals surface area contributed by atoms with Gasteiger partial charge in [0, 0.05) is 23.8 Å². The van der Waals surface area contributed by atoms with E-state index in [1.54, 1.807) is 6.21 Å². The van der Waals surface area contributed by atoms with Crippen molar-refractivity contribution in [3.05, 3.63) is 35.9 Å². The molecule has 2 aliphatic heterocycles. The number of benzene rings is 1. The molecule has 0 aliphatic carbocycles. The zero-order valence-corrected chi connectivity index (χ0v) is 9.71. The van der Waals surface area contributed by atoms with Crippen LogP contribution in [-0.2, 0) is 4.79 Å². The van der Waals surface area contributed by atoms with Gasteiger partial charge in [-0.1, -0.05) is 18.2 Å². The number of para-hydroxylation sites is 1. The van der Waals surface area contributed by atoms with E-state index in [1.807, 2.05) is 30.3 Å². The van der Waals surface area contributed by atoms with Crippen molar-refractivity contribution in [1.82, 2.24) is 0 Å². The topological polar surface area (TPSA) is 62.0 Å². The lowest BCUT2D eigenvalue weighted by atomic mass is 9.94. The largest absolute Gasteiger partial charge is 0.481 e. The molecule has 90 valence electrons. The van der Waals surface area contributed by atoms with Gasteiger partial charge in [0.15, 0.2) is 0 Å². The second kappa shape index (κ2) is 4.22. The molecule has 1 aromatic rings. The lowest BCUT2D eigenvalue weighted by Gasteiger charge is -2.16. The lowest BCUT2D eigenvalue weighted by Crippen LogP contribution is -2.22. The lowest BCUT2D eigenvalue weighted by molar-refractivity contribution is -0.137. The van der Waals surface area contributed by atoms with E-state index in [0.717, 1.165) is 22.5 Å². The molecule has 0 bridgehead atoms. The number of nitrogens with zero attached hydrogens (tertiary/aromatic N) is 2. The monoisotopic (exact) mass is 240 g/mol. The van der Waals surface area contributed by atoms with E-state index in [4.69, 9.17) is 5.11 Å². The summed E-state index contributed by atoms with van der Waals surface area (Å²) in [6.45, 7) is 0. The predicted molar refractivity (Wildman–Crippen MR) is 70.7 cm³/mol. The molecule has 3 rings (SSSR count). The molecule has 0 fully saturated rings. The van der Waals surface area contributed by atoms with Crippen LogP contribution in [0.4, 0.5) is 5.69 Å². The number of fused-ring (bicyclic) bond motifs is 3. The number of hydrogen-bond acceptors (Lipinski definition) is 3. The number of carbonyl (C=O) groups is 1. The first-order valence-electron chi connectivity index (χ1n) is 5.89. The quantitative estimate of drug-likeness (QED) is 0.882. The van der Waals surface area contributed by atoms with E-state index in [1.165, 1.54) is 0 Å². The van der Waals surface area contributed by atoms with Crippen molar-refractivity contribution in [1.29, 1.82) is 0 Å². The van der Waals surface area contributed by atoms with Crippen LogP contribution in [0.25, 0.3) is 5.57 Å². The Balaban J connectivity index is 1.91. The maximum absolute atomic E-state index is 10.6. The fourth-order valence-corrected chi connectivity index (χ4v) is 2.32. The summed E-state index contributed by atoms with van der Waals surface area (Å²) in [4.78, 5) is 19.6. The number of allylic oxidation sites excluding steroid dienone is 1. The minimum Gasteiger partial charge on any atom is -0.481 e. The van der Waals surface area contributed by atoms with Gasteiger partial charge in [-0.25, -0.2) is 4.99 Å². The molecular formula is C14H12N2O2. The number of carboxylic acids is 1. The van der Waals surface area contributed by atoms with Gasteiger partial charge < -0.3 is 5.11 Å². The first-order chi connectivity index (χ1) is 8.75. The number of hydrogen-bond donors (Lipinski definition) is 1. The summed E-state index contributed by atoms with van der Waals surface area (Å²) in [5, 5.41) is 8.75. The van der Waals surface area contributed by atoms with E-state index >= 15 is 0 Å². The van der Waals surface area contributed by atoms with Crippen LogP contribution >= 0.6 is 0 Å². The fourth-order valence-electron chi connectivity index (χ4n) is 2.32. The second-order valence-electron chi connectivity index (χ2n) is 4.34. The standard InChI is InChI=1S/C14H12N2O2/c17-13(18)6-5-12-14-10(7-8-15-12)9-3-1-2-4-11(9)16-14/h1-4,7-8,12H,5-6H2,(H,17,18). The molecule has 4 heteroatoms. The van der Waals surface area contributed by atoms with Crippen LogP contribution in [0, 0.1) is 0 Å². The number of aliphatic imine (C=N–C) groups is 2. The Morgan fingerprint density at radius 2 is 2.17 bits per heavy atom. The molecule has 0 amide bonds. The molecule has 1 unspecified atom stereocenters. The third kappa shape index (κ3) is 1.76. The van der Waals surface area contributed by atoms with Gasteiger partial charge in [-0.05, 0) is 18.6 Å². The van der Waals surface area contributed by atoms with Gasteiger partial charge in [0.05, 0.1) is 17.4 Å². The molecular weight excluding hydrogens is 228 g/mol. The van der Waals surface area contributed by atoms with Gasteiger partial charge in [-0.2, -0.15) is 0 Å². The summed E-state index contributed by atoms with van der Waals surface area (Å²) in [5.41, 5.74) is 4.04. The van der Waals surface area contributed by atoms with Crippen LogP contribution in [0.15, 0.2) is 40.3 Å². The van der Waals surface area contributed by atoms with Crippen molar-refractivity contribution >= 4 is 29.2 Å². The van der Waals surface area contributed by atoms with Crippen molar-refractivity contribution in [3.63, 3.8) is 0 Å². The van der Waals surface area contributed by atoms with Crippen molar-refractivity contribution in [2.24, 2.45) is 9.98 Å². The predicted octanol–water partition coefficient (Wildman–Crippen LogP) is 2.47. The molecule has 2 aliphatic rings. The van der Waals surface area contributed by atoms with E-state index < -0.39 is 5.97 Å². The molecule has 1 atom stereocenters. The molecule has 0 aromatic heterocycles. The molecule has 18 heavy (non-hydrogen) atoms. The molecule has 0 radical (unpaired) electrons. The molecule has 0 saturated carbocycles. The zero-order chi connectivity index (χ0) is 12.5. The Bertz CT molecular complexity index is 600. The minimum atomic E-state index is -0.794. The first kappa shape index (κ1) is 10.9. The van der Waals surface area contributed by atoms with Crippen molar-refractivity contribution in [2.45, 2.75) is 18.9 Å². The van der Waals surface area contributed by atoms with Crippen LogP contribution in [0.5, 0.6) is 0 Å². The summed E-state index contributed by atoms with van der Waals surface area (Å²) in [6.07, 6.45) is 4.31. The second-order valence-corrected chi connectivity index (χ2v) is 4.34. The number of rotatable bonds is 3. The highest BCUT2D eigenvalue weighted by Crippen LogP contribution is 2.37. The van der Waals surface area contributed by atoms with E-state index in [0.29, 0.717) is 6.42 Å². The molecule has 0 spiro atoms. The zero-order valence-electron chi connectivity index (χ0n) is 9.71. The van der Waals surface area contributed by atoms with Crippen LogP contribution in [0.3, 0.4) is 0 Å². The molecule has 1 aromatic carbocycles. The van der Waals surface area contributed by atoms with E-state index in [9.17, 15) is 4.79 Å². The number of dihydropyridines is 1. The average Bonchev–Trinajstić information content (AvgIpc) is 2.75. The van der Waals surface area contributed by atoms with Crippen molar-refractivity contribution < 1.29 is 9.90 Å². The van der Waals surface area contributed by atoms with Crippen LogP contribution in [0.1, 0.15) is 18.4 Å². The summed E-state index contributed by atoms with van der Waals surface area (Å²) >= 11 is 0. The number of aliphatic carboxylic acids is 1. The minimum absolute atomic E-state index is 0.116. The highest BCUT2D eigenvalue weighted by molar-refractivity contribution is 6.34. The maximum atomic E-state index is 10.6. The number of carboxylic acid groups (broad SMARTS) is 1. The third-order valence-corrected chi connectivity index (χ3v) is 3.17. The maximum Gasteiger partial charge on any atom is 0.303 e. The van der Waals surface area contributed by atoms with Gasteiger partial charge in [0.25, 0.3) is 0 Å². The first-order valence-corrected chi connectivity index (χ1v) is 5.89. The summed E-state index contributed by atoms with van der Waals surface area (Å²) in [6, 6.07) is 7.80. The molecule has 2 heterocycles.